The molecule has 2 aromatic rings. The first-order chi connectivity index (χ1) is 10.2. The van der Waals surface area contributed by atoms with Crippen molar-refractivity contribution in [1.29, 1.82) is 0 Å². The molecule has 1 heterocycles. The molecule has 1 aromatic heterocycles. The Hall–Kier alpha value is -2.23. The first-order valence-corrected chi connectivity index (χ1v) is 7.53. The number of nitrogens with two attached hydrogens (primary N) is 1. The molecule has 4 heteroatoms. The predicted molar refractivity (Wildman–Crippen MR) is 84.1 cm³/mol. The monoisotopic (exact) mass is 283 g/mol. The van der Waals surface area contributed by atoms with E-state index < -0.39 is 0 Å². The highest BCUT2D eigenvalue weighted by molar-refractivity contribution is 5.93. The van der Waals surface area contributed by atoms with Crippen LogP contribution in [0, 0.1) is 0 Å². The minimum absolute atomic E-state index is 0.00322. The summed E-state index contributed by atoms with van der Waals surface area (Å²) in [7, 11) is 0. The first-order valence-electron chi connectivity index (χ1n) is 7.53. The first kappa shape index (κ1) is 13.7. The predicted octanol–water partition coefficient (Wildman–Crippen LogP) is 2.90. The Morgan fingerprint density at radius 3 is 3.10 bits per heavy atom. The second-order valence-electron chi connectivity index (χ2n) is 5.56. The smallest absolute Gasteiger partial charge is 0.268 e. The zero-order valence-electron chi connectivity index (χ0n) is 12.3. The molecule has 1 aliphatic rings. The van der Waals surface area contributed by atoms with Gasteiger partial charge in [-0.2, -0.15) is 0 Å². The van der Waals surface area contributed by atoms with Crippen LogP contribution in [0.15, 0.2) is 36.5 Å². The summed E-state index contributed by atoms with van der Waals surface area (Å²) < 4.78 is 1.96. The van der Waals surface area contributed by atoms with Crippen molar-refractivity contribution in [2.24, 2.45) is 0 Å². The Bertz CT molecular complexity index is 660. The van der Waals surface area contributed by atoms with Crippen molar-refractivity contribution in [1.82, 2.24) is 9.88 Å². The second kappa shape index (κ2) is 5.64. The molecule has 1 aromatic carbocycles. The van der Waals surface area contributed by atoms with Crippen molar-refractivity contribution in [2.75, 3.05) is 5.73 Å². The van der Waals surface area contributed by atoms with Crippen LogP contribution in [-0.4, -0.2) is 10.5 Å². The summed E-state index contributed by atoms with van der Waals surface area (Å²) in [6, 6.07) is 9.86. The number of amides is 1. The van der Waals surface area contributed by atoms with Crippen LogP contribution < -0.4 is 11.1 Å². The van der Waals surface area contributed by atoms with Gasteiger partial charge in [0.2, 0.25) is 0 Å². The molecular formula is C17H21N3O. The average molecular weight is 283 g/mol. The lowest BCUT2D eigenvalue weighted by Crippen LogP contribution is -2.32. The summed E-state index contributed by atoms with van der Waals surface area (Å²) in [5, 5.41) is 3.17. The lowest BCUT2D eigenvalue weighted by atomic mass is 9.87. The summed E-state index contributed by atoms with van der Waals surface area (Å²) in [4.78, 5) is 12.5. The fourth-order valence-corrected chi connectivity index (χ4v) is 3.11. The van der Waals surface area contributed by atoms with Crippen LogP contribution in [-0.2, 0) is 13.0 Å². The molecule has 0 spiro atoms. The van der Waals surface area contributed by atoms with E-state index in [1.54, 1.807) is 0 Å². The lowest BCUT2D eigenvalue weighted by Gasteiger charge is -2.26. The minimum Gasteiger partial charge on any atom is -0.399 e. The second-order valence-corrected chi connectivity index (χ2v) is 5.56. The summed E-state index contributed by atoms with van der Waals surface area (Å²) >= 11 is 0. The zero-order valence-corrected chi connectivity index (χ0v) is 12.3. The van der Waals surface area contributed by atoms with Crippen molar-refractivity contribution >= 4 is 11.6 Å². The maximum Gasteiger partial charge on any atom is 0.268 e. The van der Waals surface area contributed by atoms with E-state index in [9.17, 15) is 4.79 Å². The number of carbonyl (C=O) groups excluding carboxylic acids is 1. The fraction of sp³-hybridized carbons (Fsp3) is 0.353. The minimum atomic E-state index is -0.00322. The maximum absolute atomic E-state index is 12.5. The van der Waals surface area contributed by atoms with Crippen LogP contribution in [0.3, 0.4) is 0 Å². The van der Waals surface area contributed by atoms with Crippen molar-refractivity contribution in [3.63, 3.8) is 0 Å². The van der Waals surface area contributed by atoms with Gasteiger partial charge in [0.25, 0.3) is 5.91 Å². The Balaban J connectivity index is 1.82. The number of hydrogen-bond acceptors (Lipinski definition) is 2. The third-order valence-electron chi connectivity index (χ3n) is 4.19. The molecule has 0 bridgehead atoms. The highest BCUT2D eigenvalue weighted by atomic mass is 16.2. The molecule has 0 aliphatic heterocycles. The number of hydrogen-bond donors (Lipinski definition) is 2. The van der Waals surface area contributed by atoms with Crippen molar-refractivity contribution in [2.45, 2.75) is 38.8 Å². The number of fused-ring (bicyclic) bond motifs is 1. The summed E-state index contributed by atoms with van der Waals surface area (Å²) in [5.41, 5.74) is 9.84. The third-order valence-corrected chi connectivity index (χ3v) is 4.19. The molecule has 21 heavy (non-hydrogen) atoms. The summed E-state index contributed by atoms with van der Waals surface area (Å²) in [5.74, 6) is -0.00322. The van der Waals surface area contributed by atoms with Crippen LogP contribution in [0.5, 0.6) is 0 Å². The summed E-state index contributed by atoms with van der Waals surface area (Å²) in [6.45, 7) is 2.84. The molecule has 1 atom stereocenters. The van der Waals surface area contributed by atoms with Crippen LogP contribution in [0.25, 0.3) is 0 Å². The Labute approximate surface area is 125 Å². The van der Waals surface area contributed by atoms with Gasteiger partial charge in [-0.15, -0.1) is 0 Å². The quantitative estimate of drug-likeness (QED) is 0.851. The molecule has 0 saturated heterocycles. The largest absolute Gasteiger partial charge is 0.399 e. The van der Waals surface area contributed by atoms with E-state index in [-0.39, 0.29) is 11.9 Å². The normalized spacial score (nSPS) is 17.3. The van der Waals surface area contributed by atoms with Crippen LogP contribution in [0.4, 0.5) is 5.69 Å². The van der Waals surface area contributed by atoms with Gasteiger partial charge >= 0.3 is 0 Å². The summed E-state index contributed by atoms with van der Waals surface area (Å²) in [6.07, 6.45) is 5.04. The average Bonchev–Trinajstić information content (AvgIpc) is 2.95. The Morgan fingerprint density at radius 2 is 2.29 bits per heavy atom. The molecule has 0 saturated carbocycles. The van der Waals surface area contributed by atoms with E-state index >= 15 is 0 Å². The van der Waals surface area contributed by atoms with Gasteiger partial charge in [-0.3, -0.25) is 4.79 Å². The topological polar surface area (TPSA) is 60.0 Å². The van der Waals surface area contributed by atoms with Gasteiger partial charge in [-0.05, 0) is 61.6 Å². The fourth-order valence-electron chi connectivity index (χ4n) is 3.11. The standard InChI is InChI=1S/C17H21N3O/c1-2-20-10-4-7-16(20)17(21)19-15-6-3-5-12-11-13(18)8-9-14(12)15/h4,7-11,15H,2-3,5-6,18H2,1H3,(H,19,21). The van der Waals surface area contributed by atoms with E-state index in [2.05, 4.69) is 5.32 Å². The third kappa shape index (κ3) is 2.66. The molecule has 0 fully saturated rings. The number of aryl methyl sites for hydroxylation is 2. The van der Waals surface area contributed by atoms with E-state index in [0.717, 1.165) is 37.2 Å². The number of benzene rings is 1. The molecule has 3 N–H and O–H groups in total. The van der Waals surface area contributed by atoms with Crippen LogP contribution in [0.1, 0.15) is 47.4 Å². The number of aromatic nitrogens is 1. The zero-order chi connectivity index (χ0) is 14.8. The number of nitrogen functional groups attached to an aromatic ring is 1. The molecular weight excluding hydrogens is 262 g/mol. The van der Waals surface area contributed by atoms with Gasteiger partial charge in [0, 0.05) is 18.4 Å². The number of anilines is 1. The van der Waals surface area contributed by atoms with Gasteiger partial charge in [0.1, 0.15) is 5.69 Å². The van der Waals surface area contributed by atoms with E-state index in [1.807, 2.05) is 48.0 Å². The SMILES string of the molecule is CCn1cccc1C(=O)NC1CCCc2cc(N)ccc21. The number of carbonyl (C=O) groups is 1. The van der Waals surface area contributed by atoms with Crippen molar-refractivity contribution < 1.29 is 4.79 Å². The van der Waals surface area contributed by atoms with E-state index in [1.165, 1.54) is 11.1 Å². The maximum atomic E-state index is 12.5. The molecule has 110 valence electrons. The molecule has 1 aliphatic carbocycles. The van der Waals surface area contributed by atoms with Gasteiger partial charge in [-0.1, -0.05) is 6.07 Å². The number of nitrogens with one attached hydrogen (secondary N) is 1. The van der Waals surface area contributed by atoms with Gasteiger partial charge in [0.15, 0.2) is 0 Å². The van der Waals surface area contributed by atoms with Gasteiger partial charge in [-0.25, -0.2) is 0 Å². The van der Waals surface area contributed by atoms with Gasteiger partial charge in [0.05, 0.1) is 6.04 Å². The van der Waals surface area contributed by atoms with Crippen molar-refractivity contribution in [3.05, 3.63) is 53.3 Å². The number of nitrogens with zero attached hydrogens (tertiary/aromatic N) is 1. The van der Waals surface area contributed by atoms with Gasteiger partial charge < -0.3 is 15.6 Å². The van der Waals surface area contributed by atoms with Crippen molar-refractivity contribution in [3.8, 4) is 0 Å². The number of rotatable bonds is 3. The highest BCUT2D eigenvalue weighted by Crippen LogP contribution is 2.31. The molecule has 4 nitrogen and oxygen atoms in total. The molecule has 1 amide bonds. The highest BCUT2D eigenvalue weighted by Gasteiger charge is 2.23. The molecule has 3 rings (SSSR count). The Kier molecular flexibility index (Phi) is 3.69. The lowest BCUT2D eigenvalue weighted by molar-refractivity contribution is 0.0923. The van der Waals surface area contributed by atoms with E-state index in [0.29, 0.717) is 0 Å². The molecule has 0 radical (unpaired) electrons. The van der Waals surface area contributed by atoms with E-state index in [4.69, 9.17) is 5.73 Å². The molecule has 1 unspecified atom stereocenters. The van der Waals surface area contributed by atoms with Crippen LogP contribution >= 0.6 is 0 Å². The Morgan fingerprint density at radius 1 is 1.43 bits per heavy atom. The van der Waals surface area contributed by atoms with Crippen LogP contribution in [0.2, 0.25) is 0 Å².